The van der Waals surface area contributed by atoms with Gasteiger partial charge >= 0.3 is 0 Å². The first-order valence-corrected chi connectivity index (χ1v) is 6.43. The summed E-state index contributed by atoms with van der Waals surface area (Å²) in [5, 5.41) is 0. The monoisotopic (exact) mass is 246 g/mol. The average molecular weight is 247 g/mol. The minimum Gasteiger partial charge on any atom is -0.341 e. The Kier molecular flexibility index (Phi) is 4.62. The standard InChI is InChI=1S/C12H23ClN2O/c1-12(2,9-13)11(16)15(4)10-6-5-7-14(3)8-10/h10H,5-9H2,1-4H3. The lowest BCUT2D eigenvalue weighted by Crippen LogP contribution is -2.51. The fourth-order valence-electron chi connectivity index (χ4n) is 2.16. The van der Waals surface area contributed by atoms with Crippen molar-refractivity contribution in [2.75, 3.05) is 33.1 Å². The van der Waals surface area contributed by atoms with E-state index in [0.717, 1.165) is 19.5 Å². The van der Waals surface area contributed by atoms with Gasteiger partial charge in [0.2, 0.25) is 5.91 Å². The molecule has 0 saturated carbocycles. The van der Waals surface area contributed by atoms with Gasteiger partial charge in [-0.05, 0) is 40.3 Å². The number of halogens is 1. The normalized spacial score (nSPS) is 23.2. The van der Waals surface area contributed by atoms with Crippen LogP contribution in [0.25, 0.3) is 0 Å². The first-order valence-electron chi connectivity index (χ1n) is 5.90. The predicted molar refractivity (Wildman–Crippen MR) is 67.8 cm³/mol. The summed E-state index contributed by atoms with van der Waals surface area (Å²) in [6.45, 7) is 5.93. The van der Waals surface area contributed by atoms with Crippen LogP contribution in [0.1, 0.15) is 26.7 Å². The van der Waals surface area contributed by atoms with Crippen LogP contribution in [0, 0.1) is 5.41 Å². The molecule has 0 radical (unpaired) electrons. The van der Waals surface area contributed by atoms with Crippen LogP contribution in [0.4, 0.5) is 0 Å². The lowest BCUT2D eigenvalue weighted by atomic mass is 9.92. The average Bonchev–Trinajstić information content (AvgIpc) is 2.27. The minimum atomic E-state index is -0.452. The van der Waals surface area contributed by atoms with Crippen LogP contribution in [0.5, 0.6) is 0 Å². The van der Waals surface area contributed by atoms with Crippen LogP contribution in [0.3, 0.4) is 0 Å². The van der Waals surface area contributed by atoms with E-state index in [0.29, 0.717) is 11.9 Å². The smallest absolute Gasteiger partial charge is 0.229 e. The molecule has 3 nitrogen and oxygen atoms in total. The quantitative estimate of drug-likeness (QED) is 0.709. The lowest BCUT2D eigenvalue weighted by Gasteiger charge is -2.38. The van der Waals surface area contributed by atoms with Gasteiger partial charge in [0.25, 0.3) is 0 Å². The van der Waals surface area contributed by atoms with Gasteiger partial charge in [0.1, 0.15) is 0 Å². The van der Waals surface area contributed by atoms with Crippen LogP contribution in [0.15, 0.2) is 0 Å². The van der Waals surface area contributed by atoms with Crippen molar-refractivity contribution >= 4 is 17.5 Å². The van der Waals surface area contributed by atoms with Crippen molar-refractivity contribution in [3.05, 3.63) is 0 Å². The summed E-state index contributed by atoms with van der Waals surface area (Å²) < 4.78 is 0. The van der Waals surface area contributed by atoms with E-state index >= 15 is 0 Å². The minimum absolute atomic E-state index is 0.155. The molecular weight excluding hydrogens is 224 g/mol. The number of hydrogen-bond acceptors (Lipinski definition) is 2. The first-order chi connectivity index (χ1) is 7.38. The zero-order chi connectivity index (χ0) is 12.3. The van der Waals surface area contributed by atoms with E-state index < -0.39 is 5.41 Å². The molecule has 1 amide bonds. The summed E-state index contributed by atoms with van der Waals surface area (Å²) in [6.07, 6.45) is 2.27. The SMILES string of the molecule is CN1CCCC(N(C)C(=O)C(C)(C)CCl)C1. The zero-order valence-electron chi connectivity index (χ0n) is 10.8. The van der Waals surface area contributed by atoms with Crippen LogP contribution >= 0.6 is 11.6 Å². The number of carbonyl (C=O) groups is 1. The Labute approximate surface area is 104 Å². The Hall–Kier alpha value is -0.280. The number of amides is 1. The van der Waals surface area contributed by atoms with E-state index in [1.807, 2.05) is 25.8 Å². The molecule has 1 unspecified atom stereocenters. The van der Waals surface area contributed by atoms with Gasteiger partial charge in [0.15, 0.2) is 0 Å². The third-order valence-corrected chi connectivity index (χ3v) is 4.05. The molecule has 0 aliphatic carbocycles. The molecule has 4 heteroatoms. The summed E-state index contributed by atoms with van der Waals surface area (Å²) in [4.78, 5) is 16.4. The largest absolute Gasteiger partial charge is 0.341 e. The van der Waals surface area contributed by atoms with Crippen molar-refractivity contribution in [2.24, 2.45) is 5.41 Å². The molecule has 0 aromatic rings. The molecule has 16 heavy (non-hydrogen) atoms. The Balaban J connectivity index is 2.63. The molecular formula is C12H23ClN2O. The molecule has 0 aromatic heterocycles. The highest BCUT2D eigenvalue weighted by Gasteiger charge is 2.33. The van der Waals surface area contributed by atoms with E-state index in [2.05, 4.69) is 11.9 Å². The molecule has 0 aromatic carbocycles. The fraction of sp³-hybridized carbons (Fsp3) is 0.917. The van der Waals surface area contributed by atoms with Gasteiger partial charge in [0.05, 0.1) is 5.41 Å². The van der Waals surface area contributed by atoms with Crippen LogP contribution in [-0.2, 0) is 4.79 Å². The van der Waals surface area contributed by atoms with E-state index in [1.54, 1.807) is 0 Å². The molecule has 0 spiro atoms. The number of alkyl halides is 1. The topological polar surface area (TPSA) is 23.6 Å². The van der Waals surface area contributed by atoms with Gasteiger partial charge in [-0.15, -0.1) is 11.6 Å². The molecule has 1 saturated heterocycles. The van der Waals surface area contributed by atoms with Crippen molar-refractivity contribution in [2.45, 2.75) is 32.7 Å². The van der Waals surface area contributed by atoms with Crippen molar-refractivity contribution in [3.63, 3.8) is 0 Å². The third kappa shape index (κ3) is 3.11. The number of carbonyl (C=O) groups excluding carboxylic acids is 1. The van der Waals surface area contributed by atoms with Crippen LogP contribution < -0.4 is 0 Å². The highest BCUT2D eigenvalue weighted by atomic mass is 35.5. The van der Waals surface area contributed by atoms with Gasteiger partial charge in [-0.2, -0.15) is 0 Å². The highest BCUT2D eigenvalue weighted by Crippen LogP contribution is 2.23. The maximum atomic E-state index is 12.2. The number of rotatable bonds is 3. The van der Waals surface area contributed by atoms with Crippen molar-refractivity contribution < 1.29 is 4.79 Å². The molecule has 1 aliphatic rings. The fourth-order valence-corrected chi connectivity index (χ4v) is 2.27. The number of hydrogen-bond donors (Lipinski definition) is 0. The number of likely N-dealkylation sites (tertiary alicyclic amines) is 1. The van der Waals surface area contributed by atoms with Crippen LogP contribution in [-0.4, -0.2) is 54.8 Å². The Morgan fingerprint density at radius 2 is 2.19 bits per heavy atom. The lowest BCUT2D eigenvalue weighted by molar-refractivity contribution is -0.141. The van der Waals surface area contributed by atoms with E-state index in [-0.39, 0.29) is 5.91 Å². The van der Waals surface area contributed by atoms with Gasteiger partial charge < -0.3 is 9.80 Å². The van der Waals surface area contributed by atoms with E-state index in [1.165, 1.54) is 6.42 Å². The molecule has 1 aliphatic heterocycles. The Bertz CT molecular complexity index is 255. The van der Waals surface area contributed by atoms with Gasteiger partial charge in [0, 0.05) is 25.5 Å². The summed E-state index contributed by atoms with van der Waals surface area (Å²) >= 11 is 5.84. The molecule has 0 N–H and O–H groups in total. The van der Waals surface area contributed by atoms with Gasteiger partial charge in [-0.25, -0.2) is 0 Å². The van der Waals surface area contributed by atoms with Gasteiger partial charge in [-0.1, -0.05) is 0 Å². The number of piperidine rings is 1. The van der Waals surface area contributed by atoms with Crippen LogP contribution in [0.2, 0.25) is 0 Å². The summed E-state index contributed by atoms with van der Waals surface area (Å²) in [7, 11) is 4.01. The third-order valence-electron chi connectivity index (χ3n) is 3.38. The maximum Gasteiger partial charge on any atom is 0.229 e. The Morgan fingerprint density at radius 1 is 1.56 bits per heavy atom. The second-order valence-electron chi connectivity index (χ2n) is 5.49. The van der Waals surface area contributed by atoms with Crippen molar-refractivity contribution in [3.8, 4) is 0 Å². The highest BCUT2D eigenvalue weighted by molar-refractivity contribution is 6.19. The summed E-state index contributed by atoms with van der Waals surface area (Å²) in [6, 6.07) is 0.341. The predicted octanol–water partition coefficient (Wildman–Crippen LogP) is 1.80. The van der Waals surface area contributed by atoms with Crippen molar-refractivity contribution in [1.29, 1.82) is 0 Å². The van der Waals surface area contributed by atoms with E-state index in [9.17, 15) is 4.79 Å². The molecule has 94 valence electrons. The maximum absolute atomic E-state index is 12.2. The van der Waals surface area contributed by atoms with E-state index in [4.69, 9.17) is 11.6 Å². The molecule has 1 heterocycles. The number of likely N-dealkylation sites (N-methyl/N-ethyl adjacent to an activating group) is 2. The molecule has 0 bridgehead atoms. The first kappa shape index (κ1) is 13.8. The molecule has 1 atom stereocenters. The second kappa shape index (κ2) is 5.37. The summed E-state index contributed by atoms with van der Waals surface area (Å²) in [5.41, 5.74) is -0.452. The molecule has 1 rings (SSSR count). The van der Waals surface area contributed by atoms with Crippen molar-refractivity contribution in [1.82, 2.24) is 9.80 Å². The zero-order valence-corrected chi connectivity index (χ0v) is 11.5. The summed E-state index contributed by atoms with van der Waals surface area (Å²) in [5.74, 6) is 0.529. The Morgan fingerprint density at radius 3 is 2.69 bits per heavy atom. The second-order valence-corrected chi connectivity index (χ2v) is 5.76. The molecule has 1 fully saturated rings. The van der Waals surface area contributed by atoms with Gasteiger partial charge in [-0.3, -0.25) is 4.79 Å². The number of nitrogens with zero attached hydrogens (tertiary/aromatic N) is 2.